The second kappa shape index (κ2) is 12.3. The lowest BCUT2D eigenvalue weighted by atomic mass is 9.97. The molecular formula is C25H37N5O2. The van der Waals surface area contributed by atoms with Crippen molar-refractivity contribution in [3.8, 4) is 0 Å². The molecule has 2 unspecified atom stereocenters. The van der Waals surface area contributed by atoms with Crippen LogP contribution in [-0.2, 0) is 6.54 Å². The van der Waals surface area contributed by atoms with E-state index in [0.717, 1.165) is 50.4 Å². The molecule has 7 heteroatoms. The molecule has 3 N–H and O–H groups in total. The van der Waals surface area contributed by atoms with Crippen molar-refractivity contribution in [1.29, 1.82) is 0 Å². The van der Waals surface area contributed by atoms with E-state index in [0.29, 0.717) is 30.9 Å². The zero-order chi connectivity index (χ0) is 22.8. The van der Waals surface area contributed by atoms with Gasteiger partial charge in [0.15, 0.2) is 11.7 Å². The number of carbonyl (C=O) groups excluding carboxylic acids is 1. The van der Waals surface area contributed by atoms with Crippen LogP contribution < -0.4 is 16.0 Å². The van der Waals surface area contributed by atoms with Crippen molar-refractivity contribution in [2.45, 2.75) is 58.7 Å². The minimum absolute atomic E-state index is 0.169. The van der Waals surface area contributed by atoms with E-state index in [4.69, 9.17) is 9.41 Å². The molecule has 0 saturated carbocycles. The first-order valence-electron chi connectivity index (χ1n) is 11.7. The van der Waals surface area contributed by atoms with Gasteiger partial charge in [0.05, 0.1) is 6.26 Å². The number of benzene rings is 1. The Balaban J connectivity index is 1.41. The lowest BCUT2D eigenvalue weighted by Crippen LogP contribution is -2.51. The topological polar surface area (TPSA) is 81.9 Å². The summed E-state index contributed by atoms with van der Waals surface area (Å²) >= 11 is 0. The van der Waals surface area contributed by atoms with Gasteiger partial charge in [-0.15, -0.1) is 0 Å². The Hall–Kier alpha value is -2.80. The molecule has 1 fully saturated rings. The molecule has 0 radical (unpaired) electrons. The number of piperidine rings is 1. The van der Waals surface area contributed by atoms with Crippen molar-refractivity contribution in [2.75, 3.05) is 26.2 Å². The summed E-state index contributed by atoms with van der Waals surface area (Å²) in [7, 11) is 0. The molecule has 1 aliphatic heterocycles. The molecule has 1 aromatic heterocycles. The number of guanidine groups is 1. The number of carbonyl (C=O) groups is 1. The normalized spacial score (nSPS) is 19.5. The summed E-state index contributed by atoms with van der Waals surface area (Å²) in [5, 5.41) is 9.85. The molecule has 0 bridgehead atoms. The molecule has 1 amide bonds. The summed E-state index contributed by atoms with van der Waals surface area (Å²) in [6.45, 7) is 10.4. The van der Waals surface area contributed by atoms with Gasteiger partial charge in [0.1, 0.15) is 0 Å². The van der Waals surface area contributed by atoms with E-state index in [9.17, 15) is 4.79 Å². The van der Waals surface area contributed by atoms with E-state index < -0.39 is 0 Å². The van der Waals surface area contributed by atoms with Gasteiger partial charge in [0.25, 0.3) is 5.91 Å². The Morgan fingerprint density at radius 2 is 2.03 bits per heavy atom. The van der Waals surface area contributed by atoms with Gasteiger partial charge in [-0.1, -0.05) is 30.3 Å². The second-order valence-electron chi connectivity index (χ2n) is 8.47. The minimum Gasteiger partial charge on any atom is -0.459 e. The van der Waals surface area contributed by atoms with Gasteiger partial charge in [-0.2, -0.15) is 0 Å². The van der Waals surface area contributed by atoms with Crippen LogP contribution in [0.3, 0.4) is 0 Å². The number of likely N-dealkylation sites (tertiary alicyclic amines) is 1. The monoisotopic (exact) mass is 439 g/mol. The molecule has 0 aliphatic carbocycles. The van der Waals surface area contributed by atoms with Crippen molar-refractivity contribution >= 4 is 11.9 Å². The Labute approximate surface area is 191 Å². The fraction of sp³-hybridized carbons (Fsp3) is 0.520. The van der Waals surface area contributed by atoms with Crippen LogP contribution in [0, 0.1) is 6.92 Å². The van der Waals surface area contributed by atoms with Crippen LogP contribution in [-0.4, -0.2) is 55.0 Å². The molecular weight excluding hydrogens is 402 g/mol. The SMILES string of the molecule is CCNC(=NCCCNC(=O)c1occc1C)NC1CCN(Cc2ccccc2)C(C)C1. The summed E-state index contributed by atoms with van der Waals surface area (Å²) in [5.74, 6) is 1.07. The van der Waals surface area contributed by atoms with Gasteiger partial charge < -0.3 is 20.4 Å². The number of rotatable bonds is 9. The number of nitrogens with one attached hydrogen (secondary N) is 3. The van der Waals surface area contributed by atoms with Gasteiger partial charge in [-0.05, 0) is 51.7 Å². The van der Waals surface area contributed by atoms with Gasteiger partial charge in [0, 0.05) is 50.4 Å². The van der Waals surface area contributed by atoms with Gasteiger partial charge in [0.2, 0.25) is 0 Å². The highest BCUT2D eigenvalue weighted by Gasteiger charge is 2.25. The molecule has 7 nitrogen and oxygen atoms in total. The fourth-order valence-corrected chi connectivity index (χ4v) is 4.08. The van der Waals surface area contributed by atoms with Gasteiger partial charge >= 0.3 is 0 Å². The second-order valence-corrected chi connectivity index (χ2v) is 8.47. The van der Waals surface area contributed by atoms with E-state index >= 15 is 0 Å². The number of aryl methyl sites for hydroxylation is 1. The van der Waals surface area contributed by atoms with E-state index in [1.807, 2.05) is 6.92 Å². The molecule has 32 heavy (non-hydrogen) atoms. The Kier molecular flexibility index (Phi) is 9.16. The summed E-state index contributed by atoms with van der Waals surface area (Å²) in [5.41, 5.74) is 2.22. The highest BCUT2D eigenvalue weighted by molar-refractivity contribution is 5.92. The fourth-order valence-electron chi connectivity index (χ4n) is 4.08. The maximum atomic E-state index is 12.1. The number of hydrogen-bond donors (Lipinski definition) is 3. The van der Waals surface area contributed by atoms with Crippen LogP contribution in [0.4, 0.5) is 0 Å². The van der Waals surface area contributed by atoms with Crippen LogP contribution in [0.1, 0.15) is 54.8 Å². The molecule has 2 aromatic rings. The number of aliphatic imine (C=N–C) groups is 1. The van der Waals surface area contributed by atoms with Crippen LogP contribution in [0.15, 0.2) is 52.1 Å². The predicted octanol–water partition coefficient (Wildman–Crippen LogP) is 3.32. The van der Waals surface area contributed by atoms with Crippen molar-refractivity contribution in [2.24, 2.45) is 4.99 Å². The smallest absolute Gasteiger partial charge is 0.287 e. The van der Waals surface area contributed by atoms with Crippen LogP contribution in [0.2, 0.25) is 0 Å². The Morgan fingerprint density at radius 3 is 2.72 bits per heavy atom. The predicted molar refractivity (Wildman–Crippen MR) is 129 cm³/mol. The van der Waals surface area contributed by atoms with Crippen LogP contribution in [0.25, 0.3) is 0 Å². The molecule has 0 spiro atoms. The van der Waals surface area contributed by atoms with Crippen molar-refractivity contribution in [3.05, 3.63) is 59.5 Å². The molecule has 3 rings (SSSR count). The first-order valence-corrected chi connectivity index (χ1v) is 11.7. The van der Waals surface area contributed by atoms with Crippen molar-refractivity contribution in [3.63, 3.8) is 0 Å². The lowest BCUT2D eigenvalue weighted by Gasteiger charge is -2.38. The van der Waals surface area contributed by atoms with Crippen molar-refractivity contribution in [1.82, 2.24) is 20.9 Å². The quantitative estimate of drug-likeness (QED) is 0.317. The zero-order valence-corrected chi connectivity index (χ0v) is 19.6. The largest absolute Gasteiger partial charge is 0.459 e. The number of furan rings is 1. The van der Waals surface area contributed by atoms with E-state index in [1.54, 1.807) is 6.07 Å². The minimum atomic E-state index is -0.169. The molecule has 1 aromatic carbocycles. The highest BCUT2D eigenvalue weighted by Crippen LogP contribution is 2.20. The Bertz CT molecular complexity index is 864. The lowest BCUT2D eigenvalue weighted by molar-refractivity contribution is 0.0925. The summed E-state index contributed by atoms with van der Waals surface area (Å²) < 4.78 is 5.22. The summed E-state index contributed by atoms with van der Waals surface area (Å²) in [4.78, 5) is 19.4. The standard InChI is InChI=1S/C25H37N5O2/c1-4-26-25(28-14-8-13-27-24(31)23-19(2)12-16-32-23)29-22-11-15-30(20(3)17-22)18-21-9-6-5-7-10-21/h5-7,9-10,12,16,20,22H,4,8,11,13-15,17-18H2,1-3H3,(H,27,31)(H2,26,28,29). The summed E-state index contributed by atoms with van der Waals surface area (Å²) in [6, 6.07) is 13.4. The Morgan fingerprint density at radius 1 is 1.22 bits per heavy atom. The van der Waals surface area contributed by atoms with E-state index in [2.05, 4.69) is 65.0 Å². The molecule has 2 atom stereocenters. The summed E-state index contributed by atoms with van der Waals surface area (Å²) in [6.07, 6.45) is 4.50. The van der Waals surface area contributed by atoms with E-state index in [1.165, 1.54) is 11.8 Å². The van der Waals surface area contributed by atoms with Crippen LogP contribution >= 0.6 is 0 Å². The average Bonchev–Trinajstić information content (AvgIpc) is 3.22. The van der Waals surface area contributed by atoms with Crippen molar-refractivity contribution < 1.29 is 9.21 Å². The number of hydrogen-bond acceptors (Lipinski definition) is 4. The molecule has 1 aliphatic rings. The number of nitrogens with zero attached hydrogens (tertiary/aromatic N) is 2. The van der Waals surface area contributed by atoms with Crippen LogP contribution in [0.5, 0.6) is 0 Å². The molecule has 174 valence electrons. The third-order valence-electron chi connectivity index (χ3n) is 5.89. The first-order chi connectivity index (χ1) is 15.6. The van der Waals surface area contributed by atoms with Gasteiger partial charge in [-0.3, -0.25) is 14.7 Å². The zero-order valence-electron chi connectivity index (χ0n) is 19.6. The highest BCUT2D eigenvalue weighted by atomic mass is 16.3. The maximum Gasteiger partial charge on any atom is 0.287 e. The molecule has 1 saturated heterocycles. The number of amides is 1. The first kappa shape index (κ1) is 23.9. The average molecular weight is 440 g/mol. The third-order valence-corrected chi connectivity index (χ3v) is 5.89. The molecule has 2 heterocycles. The van der Waals surface area contributed by atoms with Gasteiger partial charge in [-0.25, -0.2) is 0 Å². The van der Waals surface area contributed by atoms with E-state index in [-0.39, 0.29) is 5.91 Å². The third kappa shape index (κ3) is 7.12. The maximum absolute atomic E-state index is 12.1.